The first-order valence-corrected chi connectivity index (χ1v) is 18.8. The number of anilines is 2. The van der Waals surface area contributed by atoms with Gasteiger partial charge in [-0.05, 0) is 86.2 Å². The lowest BCUT2D eigenvalue weighted by atomic mass is 9.97. The van der Waals surface area contributed by atoms with Crippen molar-refractivity contribution in [2.75, 3.05) is 35.5 Å². The fourth-order valence-electron chi connectivity index (χ4n) is 6.04. The summed E-state index contributed by atoms with van der Waals surface area (Å²) in [6, 6.07) is 17.8. The number of carbonyl (C=O) groups is 3. The Balaban J connectivity index is 1.46. The average molecular weight is 705 g/mol. The van der Waals surface area contributed by atoms with Crippen molar-refractivity contribution in [3.63, 3.8) is 0 Å². The van der Waals surface area contributed by atoms with E-state index in [0.717, 1.165) is 29.1 Å². The van der Waals surface area contributed by atoms with Gasteiger partial charge in [-0.1, -0.05) is 63.3 Å². The molecule has 1 aliphatic heterocycles. The largest absolute Gasteiger partial charge is 0.465 e. The van der Waals surface area contributed by atoms with Crippen LogP contribution in [0, 0.1) is 5.41 Å². The summed E-state index contributed by atoms with van der Waals surface area (Å²) in [4.78, 5) is 40.5. The lowest BCUT2D eigenvalue weighted by molar-refractivity contribution is -0.141. The van der Waals surface area contributed by atoms with Crippen molar-refractivity contribution in [3.8, 4) is 0 Å². The van der Waals surface area contributed by atoms with Gasteiger partial charge in [0.05, 0.1) is 29.4 Å². The molecule has 3 N–H and O–H groups in total. The maximum Gasteiger partial charge on any atom is 0.338 e. The predicted molar refractivity (Wildman–Crippen MR) is 194 cm³/mol. The molecule has 0 saturated heterocycles. The number of hydrogen-bond donors (Lipinski definition) is 2. The first-order valence-electron chi connectivity index (χ1n) is 17.4. The molecule has 12 heteroatoms. The van der Waals surface area contributed by atoms with Crippen molar-refractivity contribution in [3.05, 3.63) is 89.0 Å². The Morgan fingerprint density at radius 3 is 2.38 bits per heavy atom. The van der Waals surface area contributed by atoms with E-state index < -0.39 is 28.5 Å². The van der Waals surface area contributed by atoms with Crippen LogP contribution >= 0.6 is 0 Å². The zero-order valence-corrected chi connectivity index (χ0v) is 29.8. The van der Waals surface area contributed by atoms with Crippen LogP contribution < -0.4 is 14.9 Å². The Morgan fingerprint density at radius 1 is 0.920 bits per heavy atom. The molecule has 1 heterocycles. The molecule has 268 valence electrons. The number of carbonyl (C=O) groups excluding carboxylic acids is 3. The third-order valence-corrected chi connectivity index (χ3v) is 10.4. The minimum absolute atomic E-state index is 0.0434. The highest BCUT2D eigenvalue weighted by molar-refractivity contribution is 7.92. The Hall–Kier alpha value is -4.71. The number of aryl methyl sites for hydroxylation is 2. The predicted octanol–water partition coefficient (Wildman–Crippen LogP) is 6.16. The topological polar surface area (TPSA) is 160 Å². The van der Waals surface area contributed by atoms with Crippen molar-refractivity contribution in [1.82, 2.24) is 0 Å². The second-order valence-corrected chi connectivity index (χ2v) is 14.1. The highest BCUT2D eigenvalue weighted by atomic mass is 32.2. The highest BCUT2D eigenvalue weighted by Crippen LogP contribution is 2.34. The molecular formula is C38H48N4O7S. The van der Waals surface area contributed by atoms with Gasteiger partial charge in [-0.25, -0.2) is 13.2 Å². The molecule has 3 aromatic rings. The number of sulfonamides is 1. The number of ether oxygens (including phenoxy) is 2. The van der Waals surface area contributed by atoms with Crippen LogP contribution in [-0.4, -0.2) is 58.4 Å². The van der Waals surface area contributed by atoms with E-state index in [-0.39, 0.29) is 29.7 Å². The summed E-state index contributed by atoms with van der Waals surface area (Å²) in [7, 11) is -4.10. The molecule has 11 nitrogen and oxygen atoms in total. The summed E-state index contributed by atoms with van der Waals surface area (Å²) < 4.78 is 38.9. The minimum atomic E-state index is -4.10. The van der Waals surface area contributed by atoms with Crippen LogP contribution in [0.5, 0.6) is 0 Å². The zero-order chi connectivity index (χ0) is 36.1. The Bertz CT molecular complexity index is 1760. The fourth-order valence-corrected chi connectivity index (χ4v) is 7.46. The van der Waals surface area contributed by atoms with Crippen molar-refractivity contribution in [2.24, 2.45) is 5.73 Å². The molecule has 0 fully saturated rings. The quantitative estimate of drug-likeness (QED) is 0.0690. The van der Waals surface area contributed by atoms with E-state index in [1.54, 1.807) is 66.4 Å². The summed E-state index contributed by atoms with van der Waals surface area (Å²) in [6.07, 6.45) is 8.20. The first-order chi connectivity index (χ1) is 24.1. The van der Waals surface area contributed by atoms with Gasteiger partial charge in [0, 0.05) is 24.2 Å². The number of nitrogen functional groups attached to an aromatic ring is 1. The molecule has 4 rings (SSSR count). The Labute approximate surface area is 295 Å². The molecule has 0 bridgehead atoms. The van der Waals surface area contributed by atoms with Crippen LogP contribution in [0.1, 0.15) is 92.3 Å². The number of rotatable bonds is 18. The second-order valence-electron chi connectivity index (χ2n) is 12.3. The lowest BCUT2D eigenvalue weighted by Gasteiger charge is -2.31. The first kappa shape index (κ1) is 38.1. The van der Waals surface area contributed by atoms with E-state index >= 15 is 0 Å². The van der Waals surface area contributed by atoms with Crippen LogP contribution in [0.25, 0.3) is 0 Å². The van der Waals surface area contributed by atoms with Gasteiger partial charge in [-0.2, -0.15) is 0 Å². The van der Waals surface area contributed by atoms with Crippen molar-refractivity contribution in [1.29, 1.82) is 5.41 Å². The second kappa shape index (κ2) is 18.3. The third kappa shape index (κ3) is 9.93. The van der Waals surface area contributed by atoms with E-state index in [2.05, 4.69) is 6.92 Å². The molecule has 1 aliphatic rings. The van der Waals surface area contributed by atoms with Gasteiger partial charge in [0.2, 0.25) is 5.91 Å². The van der Waals surface area contributed by atoms with E-state index in [1.807, 2.05) is 0 Å². The van der Waals surface area contributed by atoms with E-state index in [1.165, 1.54) is 31.4 Å². The van der Waals surface area contributed by atoms with E-state index in [4.69, 9.17) is 20.6 Å². The molecule has 0 aromatic heterocycles. The maximum atomic E-state index is 13.7. The minimum Gasteiger partial charge on any atom is -0.465 e. The number of benzene rings is 3. The van der Waals surface area contributed by atoms with E-state index in [9.17, 15) is 22.8 Å². The number of hydrogen-bond acceptors (Lipinski definition) is 8. The van der Waals surface area contributed by atoms with Gasteiger partial charge >= 0.3 is 11.9 Å². The molecule has 3 aromatic carbocycles. The average Bonchev–Trinajstić information content (AvgIpc) is 3.12. The molecule has 1 amide bonds. The van der Waals surface area contributed by atoms with Gasteiger partial charge in [-0.15, -0.1) is 0 Å². The number of fused-ring (bicyclic) bond motifs is 1. The van der Waals surface area contributed by atoms with Gasteiger partial charge in [0.1, 0.15) is 12.4 Å². The van der Waals surface area contributed by atoms with Crippen molar-refractivity contribution >= 4 is 45.1 Å². The van der Waals surface area contributed by atoms with E-state index in [0.29, 0.717) is 60.5 Å². The molecule has 0 atom stereocenters. The summed E-state index contributed by atoms with van der Waals surface area (Å²) in [5, 5.41) is 8.11. The lowest BCUT2D eigenvalue weighted by Crippen LogP contribution is -2.38. The third-order valence-electron chi connectivity index (χ3n) is 8.65. The van der Waals surface area contributed by atoms with Crippen LogP contribution in [-0.2, 0) is 41.9 Å². The van der Waals surface area contributed by atoms with Crippen molar-refractivity contribution < 1.29 is 32.3 Å². The summed E-state index contributed by atoms with van der Waals surface area (Å²) in [5.74, 6) is -1.49. The fraction of sp³-hybridized carbons (Fsp3) is 0.421. The molecule has 50 heavy (non-hydrogen) atoms. The van der Waals surface area contributed by atoms with Crippen LogP contribution in [0.2, 0.25) is 0 Å². The highest BCUT2D eigenvalue weighted by Gasteiger charge is 2.30. The number of nitrogens with two attached hydrogens (primary N) is 1. The van der Waals surface area contributed by atoms with Crippen molar-refractivity contribution in [2.45, 2.75) is 83.0 Å². The monoisotopic (exact) mass is 704 g/mol. The molecule has 0 radical (unpaired) electrons. The number of esters is 2. The van der Waals surface area contributed by atoms with Gasteiger partial charge in [0.25, 0.3) is 10.0 Å². The number of amidine groups is 1. The maximum absolute atomic E-state index is 13.7. The molecule has 0 spiro atoms. The Kier molecular flexibility index (Phi) is 14.0. The van der Waals surface area contributed by atoms with Crippen LogP contribution in [0.15, 0.2) is 71.6 Å². The number of unbranched alkanes of at least 4 members (excludes halogenated alkanes) is 5. The summed E-state index contributed by atoms with van der Waals surface area (Å²) in [6.45, 7) is 4.26. The normalized spacial score (nSPS) is 12.6. The molecular weight excluding hydrogens is 657 g/mol. The van der Waals surface area contributed by atoms with Gasteiger partial charge < -0.3 is 20.1 Å². The standard InChI is InChI=1S/C38H48N4O7S/c1-3-5-6-7-8-12-24-49-38(45)30-18-17-28(33(26-30)37(39)40)19-22-35(43)41-23-13-14-29-25-31(20-21-34(29)41)42(27-36(44)48-4-2)50(46,47)32-15-10-9-11-16-32/h9-11,15-18,20-21,25-26H,3-8,12-14,19,22-24,27H2,1-2H3,(H3,39,40). The number of nitrogens with zero attached hydrogens (tertiary/aromatic N) is 2. The number of amides is 1. The SMILES string of the molecule is CCCCCCCCOC(=O)c1ccc(CCC(=O)N2CCCc3cc(N(CC(=O)OCC)S(=O)(=O)c4ccccc4)ccc32)c(C(=N)N)c1. The molecule has 0 unspecified atom stereocenters. The van der Waals surface area contributed by atoms with Crippen LogP contribution in [0.4, 0.5) is 11.4 Å². The summed E-state index contributed by atoms with van der Waals surface area (Å²) >= 11 is 0. The van der Waals surface area contributed by atoms with Gasteiger partial charge in [-0.3, -0.25) is 19.3 Å². The molecule has 0 saturated carbocycles. The zero-order valence-electron chi connectivity index (χ0n) is 29.0. The Morgan fingerprint density at radius 2 is 1.66 bits per heavy atom. The van der Waals surface area contributed by atoms with Crippen LogP contribution in [0.3, 0.4) is 0 Å². The smallest absolute Gasteiger partial charge is 0.338 e. The number of nitrogens with one attached hydrogen (secondary N) is 1. The van der Waals surface area contributed by atoms with Gasteiger partial charge in [0.15, 0.2) is 0 Å². The summed E-state index contributed by atoms with van der Waals surface area (Å²) in [5.41, 5.74) is 9.01. The molecule has 0 aliphatic carbocycles.